The van der Waals surface area contributed by atoms with Crippen LogP contribution in [0.15, 0.2) is 4.52 Å². The summed E-state index contributed by atoms with van der Waals surface area (Å²) in [5, 5.41) is 3.91. The Hall–Kier alpha value is -1.92. The van der Waals surface area contributed by atoms with E-state index in [1.54, 1.807) is 16.7 Å². The Labute approximate surface area is 123 Å². The van der Waals surface area contributed by atoms with Gasteiger partial charge in [-0.05, 0) is 19.8 Å². The molecule has 21 heavy (non-hydrogen) atoms. The van der Waals surface area contributed by atoms with Crippen molar-refractivity contribution in [3.05, 3.63) is 11.7 Å². The summed E-state index contributed by atoms with van der Waals surface area (Å²) >= 11 is 0. The van der Waals surface area contributed by atoms with Crippen molar-refractivity contribution in [3.8, 4) is 0 Å². The molecular formula is C14H20N4O3. The van der Waals surface area contributed by atoms with Gasteiger partial charge in [-0.25, -0.2) is 0 Å². The number of carbonyl (C=O) groups excluding carboxylic acids is 2. The number of nitrogens with zero attached hydrogens (tertiary/aromatic N) is 4. The van der Waals surface area contributed by atoms with Gasteiger partial charge in [0.2, 0.25) is 17.7 Å². The van der Waals surface area contributed by atoms with Gasteiger partial charge in [-0.15, -0.1) is 0 Å². The lowest BCUT2D eigenvalue weighted by Crippen LogP contribution is -2.61. The van der Waals surface area contributed by atoms with Gasteiger partial charge in [0, 0.05) is 12.5 Å². The zero-order valence-electron chi connectivity index (χ0n) is 12.6. The number of carbonyl (C=O) groups is 2. The predicted molar refractivity (Wildman–Crippen MR) is 73.1 cm³/mol. The second-order valence-electron chi connectivity index (χ2n) is 6.04. The lowest BCUT2D eigenvalue weighted by molar-refractivity contribution is -0.159. The van der Waals surface area contributed by atoms with Gasteiger partial charge in [0.1, 0.15) is 12.1 Å². The first-order valence-electron chi connectivity index (χ1n) is 7.42. The fourth-order valence-electron chi connectivity index (χ4n) is 2.98. The van der Waals surface area contributed by atoms with Crippen LogP contribution in [0.1, 0.15) is 51.2 Å². The third-order valence-electron chi connectivity index (χ3n) is 4.22. The van der Waals surface area contributed by atoms with Gasteiger partial charge in [0.05, 0.1) is 6.54 Å². The molecule has 0 aliphatic carbocycles. The Bertz CT molecular complexity index is 568. The van der Waals surface area contributed by atoms with Crippen LogP contribution >= 0.6 is 0 Å². The van der Waals surface area contributed by atoms with Crippen LogP contribution in [0.5, 0.6) is 0 Å². The quantitative estimate of drug-likeness (QED) is 0.827. The third-order valence-corrected chi connectivity index (χ3v) is 4.22. The van der Waals surface area contributed by atoms with Crippen molar-refractivity contribution in [3.63, 3.8) is 0 Å². The van der Waals surface area contributed by atoms with E-state index in [0.717, 1.165) is 12.8 Å². The maximum absolute atomic E-state index is 12.6. The topological polar surface area (TPSA) is 79.5 Å². The summed E-state index contributed by atoms with van der Waals surface area (Å²) in [7, 11) is 0. The minimum atomic E-state index is -0.465. The summed E-state index contributed by atoms with van der Waals surface area (Å²) in [6, 6.07) is -0.766. The molecule has 0 N–H and O–H groups in total. The first kappa shape index (κ1) is 14.0. The molecule has 2 fully saturated rings. The van der Waals surface area contributed by atoms with Crippen LogP contribution in [0.2, 0.25) is 0 Å². The molecule has 7 heteroatoms. The first-order chi connectivity index (χ1) is 9.99. The lowest BCUT2D eigenvalue weighted by Gasteiger charge is -2.40. The van der Waals surface area contributed by atoms with E-state index in [9.17, 15) is 9.59 Å². The molecule has 1 aromatic rings. The maximum atomic E-state index is 12.6. The van der Waals surface area contributed by atoms with Crippen molar-refractivity contribution < 1.29 is 14.1 Å². The SMILES string of the molecule is CC(C)c1nc(CN2C(=O)[C@@H]3CCCN3C(=O)[C@@H]2C)no1. The fraction of sp³-hybridized carbons (Fsp3) is 0.714. The molecule has 7 nitrogen and oxygen atoms in total. The van der Waals surface area contributed by atoms with E-state index in [0.29, 0.717) is 18.3 Å². The molecule has 0 unspecified atom stereocenters. The number of hydrogen-bond donors (Lipinski definition) is 0. The molecule has 2 aliphatic heterocycles. The van der Waals surface area contributed by atoms with E-state index in [1.807, 2.05) is 13.8 Å². The van der Waals surface area contributed by atoms with Crippen LogP contribution in [0, 0.1) is 0 Å². The monoisotopic (exact) mass is 292 g/mol. The highest BCUT2D eigenvalue weighted by molar-refractivity contribution is 5.97. The average Bonchev–Trinajstić information content (AvgIpc) is 3.10. The van der Waals surface area contributed by atoms with E-state index in [4.69, 9.17) is 4.52 Å². The molecule has 0 saturated carbocycles. The van der Waals surface area contributed by atoms with Crippen molar-refractivity contribution in [2.75, 3.05) is 6.54 Å². The van der Waals surface area contributed by atoms with Crippen molar-refractivity contribution in [1.29, 1.82) is 0 Å². The highest BCUT2D eigenvalue weighted by Gasteiger charge is 2.46. The zero-order chi connectivity index (χ0) is 15.1. The first-order valence-corrected chi connectivity index (χ1v) is 7.42. The number of aromatic nitrogens is 2. The number of amides is 2. The second-order valence-corrected chi connectivity index (χ2v) is 6.04. The number of hydrogen-bond acceptors (Lipinski definition) is 5. The van der Waals surface area contributed by atoms with E-state index in [2.05, 4.69) is 10.1 Å². The summed E-state index contributed by atoms with van der Waals surface area (Å²) in [6.45, 7) is 6.61. The number of piperazine rings is 1. The minimum Gasteiger partial charge on any atom is -0.339 e. The molecular weight excluding hydrogens is 272 g/mol. The Morgan fingerprint density at radius 3 is 2.76 bits per heavy atom. The van der Waals surface area contributed by atoms with Crippen LogP contribution in [0.25, 0.3) is 0 Å². The summed E-state index contributed by atoms with van der Waals surface area (Å²) < 4.78 is 5.16. The van der Waals surface area contributed by atoms with Gasteiger partial charge in [0.15, 0.2) is 5.82 Å². The summed E-state index contributed by atoms with van der Waals surface area (Å²) in [4.78, 5) is 32.5. The van der Waals surface area contributed by atoms with Crippen LogP contribution < -0.4 is 0 Å². The van der Waals surface area contributed by atoms with E-state index in [-0.39, 0.29) is 30.3 Å². The molecule has 2 aliphatic rings. The Morgan fingerprint density at radius 2 is 2.10 bits per heavy atom. The maximum Gasteiger partial charge on any atom is 0.246 e. The molecule has 2 saturated heterocycles. The van der Waals surface area contributed by atoms with Gasteiger partial charge in [-0.2, -0.15) is 4.98 Å². The largest absolute Gasteiger partial charge is 0.339 e. The van der Waals surface area contributed by atoms with E-state index >= 15 is 0 Å². The molecule has 2 amide bonds. The molecule has 0 spiro atoms. The van der Waals surface area contributed by atoms with Crippen molar-refractivity contribution in [2.45, 2.75) is 58.2 Å². The predicted octanol–water partition coefficient (Wildman–Crippen LogP) is 0.915. The summed E-state index contributed by atoms with van der Waals surface area (Å²) in [6.07, 6.45) is 1.64. The van der Waals surface area contributed by atoms with Crippen molar-refractivity contribution >= 4 is 11.8 Å². The minimum absolute atomic E-state index is 0.00417. The van der Waals surface area contributed by atoms with Crippen LogP contribution in [0.4, 0.5) is 0 Å². The van der Waals surface area contributed by atoms with Crippen LogP contribution in [0.3, 0.4) is 0 Å². The van der Waals surface area contributed by atoms with Crippen molar-refractivity contribution in [2.24, 2.45) is 0 Å². The summed E-state index contributed by atoms with van der Waals surface area (Å²) in [5.41, 5.74) is 0. The van der Waals surface area contributed by atoms with Crippen LogP contribution in [-0.2, 0) is 16.1 Å². The highest BCUT2D eigenvalue weighted by atomic mass is 16.5. The van der Waals surface area contributed by atoms with Gasteiger partial charge in [0.25, 0.3) is 0 Å². The molecule has 3 rings (SSSR count). The molecule has 0 radical (unpaired) electrons. The van der Waals surface area contributed by atoms with Crippen molar-refractivity contribution in [1.82, 2.24) is 19.9 Å². The molecule has 0 bridgehead atoms. The summed E-state index contributed by atoms with van der Waals surface area (Å²) in [5.74, 6) is 1.17. The zero-order valence-corrected chi connectivity index (χ0v) is 12.6. The molecule has 1 aromatic heterocycles. The highest BCUT2D eigenvalue weighted by Crippen LogP contribution is 2.27. The average molecular weight is 292 g/mol. The third kappa shape index (κ3) is 2.30. The number of rotatable bonds is 3. The van der Waals surface area contributed by atoms with Crippen LogP contribution in [-0.4, -0.2) is 50.4 Å². The normalized spacial score (nSPS) is 25.9. The Morgan fingerprint density at radius 1 is 1.33 bits per heavy atom. The Kier molecular flexibility index (Phi) is 3.43. The molecule has 3 heterocycles. The smallest absolute Gasteiger partial charge is 0.246 e. The van der Waals surface area contributed by atoms with E-state index < -0.39 is 6.04 Å². The molecule has 0 aromatic carbocycles. The van der Waals surface area contributed by atoms with Gasteiger partial charge >= 0.3 is 0 Å². The number of fused-ring (bicyclic) bond motifs is 1. The fourth-order valence-corrected chi connectivity index (χ4v) is 2.98. The Balaban J connectivity index is 1.80. The van der Waals surface area contributed by atoms with Gasteiger partial charge < -0.3 is 14.3 Å². The lowest BCUT2D eigenvalue weighted by atomic mass is 10.1. The van der Waals surface area contributed by atoms with Gasteiger partial charge in [-0.1, -0.05) is 19.0 Å². The second kappa shape index (κ2) is 5.13. The molecule has 2 atom stereocenters. The standard InChI is InChI=1S/C14H20N4O3/c1-8(2)12-15-11(16-21-12)7-18-9(3)13(19)17-6-4-5-10(17)14(18)20/h8-10H,4-7H2,1-3H3/t9-,10-/m0/s1. The molecule has 114 valence electrons. The van der Waals surface area contributed by atoms with Gasteiger partial charge in [-0.3, -0.25) is 9.59 Å². The van der Waals surface area contributed by atoms with E-state index in [1.165, 1.54) is 0 Å².